The summed E-state index contributed by atoms with van der Waals surface area (Å²) in [6, 6.07) is 4.15. The third-order valence-electron chi connectivity index (χ3n) is 3.23. The highest BCUT2D eigenvalue weighted by Gasteiger charge is 2.29. The number of phenolic OH excluding ortho intramolecular Hbond substituents is 1. The van der Waals surface area contributed by atoms with E-state index >= 15 is 0 Å². The summed E-state index contributed by atoms with van der Waals surface area (Å²) in [6.45, 7) is 1.56. The van der Waals surface area contributed by atoms with Crippen molar-refractivity contribution in [2.24, 2.45) is 5.92 Å². The van der Waals surface area contributed by atoms with E-state index in [4.69, 9.17) is 16.3 Å². The predicted molar refractivity (Wildman–Crippen MR) is 73.7 cm³/mol. The molecule has 1 aromatic carbocycles. The monoisotopic (exact) mass is 297 g/mol. The fraction of sp³-hybridized carbons (Fsp3) is 0.429. The van der Waals surface area contributed by atoms with Gasteiger partial charge in [-0.1, -0.05) is 11.6 Å². The van der Waals surface area contributed by atoms with Crippen LogP contribution < -0.4 is 5.32 Å². The Hall–Kier alpha value is -1.75. The third kappa shape index (κ3) is 3.87. The zero-order valence-electron chi connectivity index (χ0n) is 11.1. The van der Waals surface area contributed by atoms with Crippen LogP contribution in [0.25, 0.3) is 0 Å². The molecule has 0 spiro atoms. The van der Waals surface area contributed by atoms with Crippen LogP contribution in [0.15, 0.2) is 18.2 Å². The first-order valence-corrected chi connectivity index (χ1v) is 6.80. The number of benzene rings is 1. The maximum atomic E-state index is 11.7. The Morgan fingerprint density at radius 3 is 2.85 bits per heavy atom. The first kappa shape index (κ1) is 14.7. The Morgan fingerprint density at radius 1 is 1.50 bits per heavy atom. The minimum absolute atomic E-state index is 0.0551. The molecule has 0 radical (unpaired) electrons. The molecule has 1 fully saturated rings. The van der Waals surface area contributed by atoms with Gasteiger partial charge < -0.3 is 15.2 Å². The van der Waals surface area contributed by atoms with Crippen LogP contribution in [0, 0.1) is 5.92 Å². The summed E-state index contributed by atoms with van der Waals surface area (Å²) < 4.78 is 4.86. The fourth-order valence-electron chi connectivity index (χ4n) is 1.89. The van der Waals surface area contributed by atoms with Crippen molar-refractivity contribution in [3.05, 3.63) is 28.8 Å². The summed E-state index contributed by atoms with van der Waals surface area (Å²) in [5.74, 6) is -0.823. The molecule has 5 nitrogen and oxygen atoms in total. The van der Waals surface area contributed by atoms with Crippen molar-refractivity contribution in [2.75, 3.05) is 6.61 Å². The molecule has 20 heavy (non-hydrogen) atoms. The second-order valence-corrected chi connectivity index (χ2v) is 5.37. The number of nitrogens with one attached hydrogen (secondary N) is 1. The van der Waals surface area contributed by atoms with E-state index in [1.54, 1.807) is 0 Å². The summed E-state index contributed by atoms with van der Waals surface area (Å²) in [6.07, 6.45) is 2.25. The summed E-state index contributed by atoms with van der Waals surface area (Å²) in [5, 5.41) is 12.6. The van der Waals surface area contributed by atoms with Gasteiger partial charge in [0, 0.05) is 11.1 Å². The van der Waals surface area contributed by atoms with Crippen LogP contribution in [0.4, 0.5) is 0 Å². The minimum Gasteiger partial charge on any atom is -0.507 e. The highest BCUT2D eigenvalue weighted by Crippen LogP contribution is 2.32. The van der Waals surface area contributed by atoms with E-state index in [0.29, 0.717) is 10.9 Å². The molecule has 0 heterocycles. The molecule has 2 N–H and O–H groups in total. The van der Waals surface area contributed by atoms with Crippen LogP contribution in [0.3, 0.4) is 0 Å². The molecule has 1 amide bonds. The molecule has 0 unspecified atom stereocenters. The van der Waals surface area contributed by atoms with Crippen LogP contribution in [-0.4, -0.2) is 29.6 Å². The van der Waals surface area contributed by atoms with Gasteiger partial charge in [0.05, 0.1) is 0 Å². The van der Waals surface area contributed by atoms with Crippen molar-refractivity contribution in [3.8, 4) is 5.75 Å². The number of carbonyl (C=O) groups is 2. The van der Waals surface area contributed by atoms with E-state index in [0.717, 1.165) is 12.8 Å². The van der Waals surface area contributed by atoms with Gasteiger partial charge in [-0.15, -0.1) is 0 Å². The number of esters is 1. The molecular weight excluding hydrogens is 282 g/mol. The van der Waals surface area contributed by atoms with E-state index in [1.807, 2.05) is 6.92 Å². The number of hydrogen-bond donors (Lipinski definition) is 2. The van der Waals surface area contributed by atoms with Gasteiger partial charge in [-0.05, 0) is 43.9 Å². The van der Waals surface area contributed by atoms with Gasteiger partial charge in [-0.2, -0.15) is 0 Å². The van der Waals surface area contributed by atoms with Crippen LogP contribution in [0.2, 0.25) is 5.02 Å². The first-order chi connectivity index (χ1) is 9.47. The molecule has 6 heteroatoms. The quantitative estimate of drug-likeness (QED) is 0.816. The molecule has 0 bridgehead atoms. The smallest absolute Gasteiger partial charge is 0.342 e. The Morgan fingerprint density at radius 2 is 2.20 bits per heavy atom. The highest BCUT2D eigenvalue weighted by molar-refractivity contribution is 6.31. The number of ether oxygens (including phenoxy) is 1. The molecule has 1 aromatic rings. The van der Waals surface area contributed by atoms with Gasteiger partial charge in [0.2, 0.25) is 0 Å². The lowest BCUT2D eigenvalue weighted by Crippen LogP contribution is -2.37. The number of phenols is 1. The minimum atomic E-state index is -0.778. The fourth-order valence-corrected chi connectivity index (χ4v) is 2.06. The molecule has 0 aliphatic heterocycles. The first-order valence-electron chi connectivity index (χ1n) is 6.42. The summed E-state index contributed by atoms with van der Waals surface area (Å²) in [4.78, 5) is 23.3. The van der Waals surface area contributed by atoms with Gasteiger partial charge in [0.25, 0.3) is 5.91 Å². The second-order valence-electron chi connectivity index (χ2n) is 4.93. The molecule has 1 aliphatic rings. The van der Waals surface area contributed by atoms with Crippen LogP contribution in [0.1, 0.15) is 30.1 Å². The highest BCUT2D eigenvalue weighted by atomic mass is 35.5. The molecule has 0 aromatic heterocycles. The predicted octanol–water partition coefficient (Wildman–Crippen LogP) is 2.12. The van der Waals surface area contributed by atoms with Crippen molar-refractivity contribution >= 4 is 23.5 Å². The van der Waals surface area contributed by atoms with Gasteiger partial charge in [-0.3, -0.25) is 4.79 Å². The number of amides is 1. The third-order valence-corrected chi connectivity index (χ3v) is 3.47. The lowest BCUT2D eigenvalue weighted by molar-refractivity contribution is -0.125. The van der Waals surface area contributed by atoms with E-state index in [2.05, 4.69) is 5.32 Å². The van der Waals surface area contributed by atoms with E-state index in [1.165, 1.54) is 18.2 Å². The Balaban J connectivity index is 1.85. The Labute approximate surface area is 121 Å². The zero-order valence-corrected chi connectivity index (χ0v) is 11.8. The number of carbonyl (C=O) groups excluding carboxylic acids is 2. The van der Waals surface area contributed by atoms with E-state index in [-0.39, 0.29) is 29.9 Å². The molecule has 0 saturated heterocycles. The molecule has 108 valence electrons. The molecule has 1 aliphatic carbocycles. The number of rotatable bonds is 5. The molecule has 1 saturated carbocycles. The van der Waals surface area contributed by atoms with Gasteiger partial charge in [0.15, 0.2) is 6.61 Å². The second kappa shape index (κ2) is 6.13. The average Bonchev–Trinajstić information content (AvgIpc) is 3.23. The van der Waals surface area contributed by atoms with E-state index < -0.39 is 5.97 Å². The van der Waals surface area contributed by atoms with Gasteiger partial charge in [0.1, 0.15) is 11.3 Å². The van der Waals surface area contributed by atoms with Crippen molar-refractivity contribution < 1.29 is 19.4 Å². The van der Waals surface area contributed by atoms with Crippen molar-refractivity contribution in [3.63, 3.8) is 0 Å². The topological polar surface area (TPSA) is 75.6 Å². The normalized spacial score (nSPS) is 15.5. The number of hydrogen-bond acceptors (Lipinski definition) is 4. The van der Waals surface area contributed by atoms with Crippen molar-refractivity contribution in [1.82, 2.24) is 5.32 Å². The molecular formula is C14H16ClNO4. The lowest BCUT2D eigenvalue weighted by atomic mass is 10.2. The summed E-state index contributed by atoms with van der Waals surface area (Å²) in [7, 11) is 0. The Bertz CT molecular complexity index is 528. The summed E-state index contributed by atoms with van der Waals surface area (Å²) >= 11 is 5.74. The van der Waals surface area contributed by atoms with Crippen molar-refractivity contribution in [2.45, 2.75) is 25.8 Å². The standard InChI is InChI=1S/C14H16ClNO4/c1-8(9-2-3-9)16-13(18)7-20-14(19)11-6-10(15)4-5-12(11)17/h4-6,8-9,17H,2-3,7H2,1H3,(H,16,18)/t8-/m1/s1. The maximum absolute atomic E-state index is 11.7. The SMILES string of the molecule is C[C@@H](NC(=O)COC(=O)c1cc(Cl)ccc1O)C1CC1. The maximum Gasteiger partial charge on any atom is 0.342 e. The van der Waals surface area contributed by atoms with Gasteiger partial charge in [-0.25, -0.2) is 4.79 Å². The Kier molecular flexibility index (Phi) is 4.49. The lowest BCUT2D eigenvalue weighted by Gasteiger charge is -2.13. The molecule has 2 rings (SSSR count). The largest absolute Gasteiger partial charge is 0.507 e. The molecule has 1 atom stereocenters. The van der Waals surface area contributed by atoms with Crippen LogP contribution >= 0.6 is 11.6 Å². The summed E-state index contributed by atoms with van der Waals surface area (Å²) in [5.41, 5.74) is -0.0551. The van der Waals surface area contributed by atoms with E-state index in [9.17, 15) is 14.7 Å². The van der Waals surface area contributed by atoms with Crippen LogP contribution in [0.5, 0.6) is 5.75 Å². The van der Waals surface area contributed by atoms with Crippen LogP contribution in [-0.2, 0) is 9.53 Å². The number of halogens is 1. The average molecular weight is 298 g/mol. The zero-order chi connectivity index (χ0) is 14.7. The van der Waals surface area contributed by atoms with Crippen molar-refractivity contribution in [1.29, 1.82) is 0 Å². The van der Waals surface area contributed by atoms with Gasteiger partial charge >= 0.3 is 5.97 Å². The number of aromatic hydroxyl groups is 1.